The number of nitrogens with one attached hydrogen (secondary N) is 1. The minimum absolute atomic E-state index is 0.109. The maximum Gasteiger partial charge on any atom is 0.220 e. The molecule has 2 heterocycles. The fraction of sp³-hybridized carbons (Fsp3) is 0.810. The van der Waals surface area contributed by atoms with Crippen LogP contribution in [0.1, 0.15) is 44.2 Å². The molecule has 0 atom stereocenters. The molecule has 166 valence electrons. The quantitative estimate of drug-likeness (QED) is 0.561. The number of nitrogens with zero attached hydrogens (tertiary/aromatic N) is 4. The first-order chi connectivity index (χ1) is 14.4. The summed E-state index contributed by atoms with van der Waals surface area (Å²) in [5.41, 5.74) is 0.901. The van der Waals surface area contributed by atoms with Crippen LogP contribution in [0.2, 0.25) is 0 Å². The fourth-order valence-electron chi connectivity index (χ4n) is 6.87. The average molecular weight is 436 g/mol. The summed E-state index contributed by atoms with van der Waals surface area (Å²) >= 11 is 0. The molecule has 0 spiro atoms. The van der Waals surface area contributed by atoms with Crippen LogP contribution < -0.4 is 5.32 Å². The van der Waals surface area contributed by atoms with Gasteiger partial charge in [0.1, 0.15) is 12.0 Å². The predicted molar refractivity (Wildman–Crippen MR) is 114 cm³/mol. The van der Waals surface area contributed by atoms with Crippen LogP contribution in [0.3, 0.4) is 0 Å². The molecule has 8 nitrogen and oxygen atoms in total. The van der Waals surface area contributed by atoms with Crippen molar-refractivity contribution in [1.82, 2.24) is 19.7 Å². The van der Waals surface area contributed by atoms with E-state index in [0.717, 1.165) is 30.3 Å². The number of piperazine rings is 1. The maximum absolute atomic E-state index is 12.7. The summed E-state index contributed by atoms with van der Waals surface area (Å²) in [7, 11) is -1.55. The highest BCUT2D eigenvalue weighted by Crippen LogP contribution is 2.59. The number of sulfonamides is 1. The highest BCUT2D eigenvalue weighted by Gasteiger charge is 2.50. The van der Waals surface area contributed by atoms with Gasteiger partial charge in [-0.3, -0.25) is 4.99 Å². The molecule has 4 bridgehead atoms. The molecule has 5 fully saturated rings. The van der Waals surface area contributed by atoms with Crippen molar-refractivity contribution in [3.05, 3.63) is 18.0 Å². The number of aromatic nitrogens is 1. The van der Waals surface area contributed by atoms with Crippen molar-refractivity contribution in [3.63, 3.8) is 0 Å². The summed E-state index contributed by atoms with van der Waals surface area (Å²) in [6, 6.07) is 1.60. The summed E-state index contributed by atoms with van der Waals surface area (Å²) in [5.74, 6) is 3.64. The van der Waals surface area contributed by atoms with Crippen molar-refractivity contribution in [2.24, 2.45) is 28.2 Å². The van der Waals surface area contributed by atoms with E-state index >= 15 is 0 Å². The predicted octanol–water partition coefficient (Wildman–Crippen LogP) is 1.91. The van der Waals surface area contributed by atoms with Crippen LogP contribution >= 0.6 is 0 Å². The lowest BCUT2D eigenvalue weighted by Crippen LogP contribution is -2.56. The van der Waals surface area contributed by atoms with E-state index in [4.69, 9.17) is 4.52 Å². The molecule has 1 aliphatic heterocycles. The third-order valence-electron chi connectivity index (χ3n) is 7.75. The second kappa shape index (κ2) is 7.82. The summed E-state index contributed by atoms with van der Waals surface area (Å²) < 4.78 is 31.6. The molecule has 1 N–H and O–H groups in total. The molecular weight excluding hydrogens is 402 g/mol. The van der Waals surface area contributed by atoms with Crippen LogP contribution in [-0.2, 0) is 15.8 Å². The molecular formula is C21H33N5O3S. The highest BCUT2D eigenvalue weighted by atomic mass is 32.2. The molecule has 0 amide bonds. The third kappa shape index (κ3) is 3.98. The van der Waals surface area contributed by atoms with Gasteiger partial charge in [0.15, 0.2) is 5.96 Å². The lowest BCUT2D eigenvalue weighted by Gasteiger charge is -2.57. The number of rotatable bonds is 5. The van der Waals surface area contributed by atoms with Crippen molar-refractivity contribution in [3.8, 4) is 0 Å². The minimum atomic E-state index is -3.38. The van der Waals surface area contributed by atoms with Crippen LogP contribution in [0.5, 0.6) is 0 Å². The zero-order valence-corrected chi connectivity index (χ0v) is 18.6. The van der Waals surface area contributed by atoms with Crippen molar-refractivity contribution in [2.75, 3.05) is 39.8 Å². The molecule has 9 heteroatoms. The lowest BCUT2D eigenvalue weighted by molar-refractivity contribution is -0.0494. The Balaban J connectivity index is 1.15. The van der Waals surface area contributed by atoms with Crippen LogP contribution in [0.25, 0.3) is 0 Å². The Labute approximate surface area is 179 Å². The number of hydrogen-bond donors (Lipinski definition) is 1. The standard InChI is InChI=1S/C21H33N5O3S/c1-22-20(23-15-21-11-16-8-17(12-21)10-18(9-16)13-21)25-3-5-26(6-4-25)30(27,28)14-19-2-7-29-24-19/h2,7,16-18H,3-6,8-15H2,1H3,(H,22,23). The summed E-state index contributed by atoms with van der Waals surface area (Å²) in [5, 5.41) is 7.41. The van der Waals surface area contributed by atoms with E-state index < -0.39 is 10.0 Å². The zero-order valence-electron chi connectivity index (χ0n) is 17.8. The van der Waals surface area contributed by atoms with Gasteiger partial charge in [0.2, 0.25) is 10.0 Å². The Morgan fingerprint density at radius 3 is 2.33 bits per heavy atom. The SMILES string of the molecule is CN=C(NCC12CC3CC(CC(C3)C1)C2)N1CCN(S(=O)(=O)Cc2ccon2)CC1. The van der Waals surface area contributed by atoms with Gasteiger partial charge in [0, 0.05) is 45.8 Å². The molecule has 1 aromatic rings. The van der Waals surface area contributed by atoms with Crippen molar-refractivity contribution < 1.29 is 12.9 Å². The van der Waals surface area contributed by atoms with Gasteiger partial charge in [-0.25, -0.2) is 8.42 Å². The minimum Gasteiger partial charge on any atom is -0.364 e. The topological polar surface area (TPSA) is 91.0 Å². The Bertz CT molecular complexity index is 839. The van der Waals surface area contributed by atoms with Gasteiger partial charge in [0.05, 0.1) is 5.69 Å². The molecule has 5 aliphatic rings. The fourth-order valence-corrected chi connectivity index (χ4v) is 8.30. The first kappa shape index (κ1) is 20.3. The molecule has 0 unspecified atom stereocenters. The molecule has 30 heavy (non-hydrogen) atoms. The molecule has 0 aromatic carbocycles. The smallest absolute Gasteiger partial charge is 0.220 e. The Morgan fingerprint density at radius 1 is 1.17 bits per heavy atom. The second-order valence-corrected chi connectivity index (χ2v) is 11.9. The molecule has 0 radical (unpaired) electrons. The van der Waals surface area contributed by atoms with Crippen molar-refractivity contribution in [2.45, 2.75) is 44.3 Å². The van der Waals surface area contributed by atoms with Gasteiger partial charge in [-0.1, -0.05) is 5.16 Å². The largest absolute Gasteiger partial charge is 0.364 e. The van der Waals surface area contributed by atoms with Gasteiger partial charge in [-0.05, 0) is 61.7 Å². The third-order valence-corrected chi connectivity index (χ3v) is 9.56. The van der Waals surface area contributed by atoms with E-state index in [0.29, 0.717) is 37.3 Å². The average Bonchev–Trinajstić information content (AvgIpc) is 3.20. The van der Waals surface area contributed by atoms with Crippen molar-refractivity contribution in [1.29, 1.82) is 0 Å². The van der Waals surface area contributed by atoms with Crippen LogP contribution in [0.15, 0.2) is 21.8 Å². The van der Waals surface area contributed by atoms with E-state index in [1.807, 2.05) is 7.05 Å². The molecule has 4 saturated carbocycles. The van der Waals surface area contributed by atoms with Crippen LogP contribution in [0.4, 0.5) is 0 Å². The number of aliphatic imine (C=N–C) groups is 1. The molecule has 1 saturated heterocycles. The van der Waals surface area contributed by atoms with E-state index in [2.05, 4.69) is 20.4 Å². The summed E-state index contributed by atoms with van der Waals surface area (Å²) in [6.45, 7) is 3.25. The number of hydrogen-bond acceptors (Lipinski definition) is 5. The Kier molecular flexibility index (Phi) is 5.29. The second-order valence-electron chi connectivity index (χ2n) is 9.95. The van der Waals surface area contributed by atoms with Crippen molar-refractivity contribution >= 4 is 16.0 Å². The Morgan fingerprint density at radius 2 is 1.80 bits per heavy atom. The summed E-state index contributed by atoms with van der Waals surface area (Å²) in [4.78, 5) is 6.71. The monoisotopic (exact) mass is 435 g/mol. The normalized spacial score (nSPS) is 34.5. The van der Waals surface area contributed by atoms with Gasteiger partial charge in [-0.15, -0.1) is 0 Å². The maximum atomic E-state index is 12.7. The van der Waals surface area contributed by atoms with E-state index in [1.165, 1.54) is 44.8 Å². The first-order valence-electron chi connectivity index (χ1n) is 11.3. The van der Waals surface area contributed by atoms with Crippen LogP contribution in [0, 0.1) is 23.2 Å². The van der Waals surface area contributed by atoms with E-state index in [9.17, 15) is 8.42 Å². The first-order valence-corrected chi connectivity index (χ1v) is 12.9. The van der Waals surface area contributed by atoms with Gasteiger partial charge >= 0.3 is 0 Å². The van der Waals surface area contributed by atoms with E-state index in [1.54, 1.807) is 10.4 Å². The lowest BCUT2D eigenvalue weighted by atomic mass is 9.49. The van der Waals surface area contributed by atoms with Gasteiger partial charge in [-0.2, -0.15) is 4.31 Å². The van der Waals surface area contributed by atoms with Gasteiger partial charge < -0.3 is 14.7 Å². The summed E-state index contributed by atoms with van der Waals surface area (Å²) in [6.07, 6.45) is 9.89. The molecule has 1 aromatic heterocycles. The number of guanidine groups is 1. The molecule has 4 aliphatic carbocycles. The van der Waals surface area contributed by atoms with E-state index in [-0.39, 0.29) is 5.75 Å². The van der Waals surface area contributed by atoms with Gasteiger partial charge in [0.25, 0.3) is 0 Å². The molecule has 6 rings (SSSR count). The zero-order chi connectivity index (χ0) is 20.8. The Hall–Kier alpha value is -1.61. The highest BCUT2D eigenvalue weighted by molar-refractivity contribution is 7.88. The van der Waals surface area contributed by atoms with Crippen LogP contribution in [-0.4, -0.2) is 68.5 Å².